The average Bonchev–Trinajstić information content (AvgIpc) is 2.02. The Morgan fingerprint density at radius 1 is 1.08 bits per heavy atom. The van der Waals surface area contributed by atoms with Gasteiger partial charge >= 0.3 is 0 Å². The molecule has 0 heterocycles. The predicted octanol–water partition coefficient (Wildman–Crippen LogP) is 3.20. The van der Waals surface area contributed by atoms with E-state index in [1.807, 2.05) is 5.92 Å². The maximum atomic E-state index is 4.27. The van der Waals surface area contributed by atoms with Crippen molar-refractivity contribution in [2.75, 3.05) is 0 Å². The molecular formula is C12H17+. The largest absolute Gasteiger partial charge is 0.101 e. The Hall–Kier alpha value is -0.390. The Kier molecular flexibility index (Phi) is 1.23. The highest BCUT2D eigenvalue weighted by molar-refractivity contribution is 5.23. The van der Waals surface area contributed by atoms with Crippen LogP contribution in [0.3, 0.4) is 0 Å². The normalized spacial score (nSPS) is 50.4. The molecule has 4 aliphatic carbocycles. The third-order valence-corrected chi connectivity index (χ3v) is 4.61. The highest BCUT2D eigenvalue weighted by Gasteiger charge is 2.54. The highest BCUT2D eigenvalue weighted by Crippen LogP contribution is 2.58. The van der Waals surface area contributed by atoms with Gasteiger partial charge < -0.3 is 0 Å². The smallest absolute Gasteiger partial charge is 0.0993 e. The van der Waals surface area contributed by atoms with Gasteiger partial charge in [-0.05, 0) is 37.5 Å². The van der Waals surface area contributed by atoms with Gasteiger partial charge in [0.15, 0.2) is 0 Å². The standard InChI is InChI=1S/C12H17/c1-7-9-3-11-5-10(7)6-12(4-9)8(11)2/h9-12H,1,3-6H2,2H3/q+1. The summed E-state index contributed by atoms with van der Waals surface area (Å²) in [6, 6.07) is 0. The van der Waals surface area contributed by atoms with Crippen molar-refractivity contribution in [2.24, 2.45) is 23.7 Å². The van der Waals surface area contributed by atoms with Crippen molar-refractivity contribution in [3.63, 3.8) is 0 Å². The van der Waals surface area contributed by atoms with Crippen molar-refractivity contribution in [1.29, 1.82) is 0 Å². The lowest BCUT2D eigenvalue weighted by Crippen LogP contribution is -2.44. The summed E-state index contributed by atoms with van der Waals surface area (Å²) >= 11 is 0. The van der Waals surface area contributed by atoms with Crippen molar-refractivity contribution in [1.82, 2.24) is 0 Å². The topological polar surface area (TPSA) is 0 Å². The van der Waals surface area contributed by atoms with Crippen LogP contribution in [0.2, 0.25) is 0 Å². The molecule has 0 radical (unpaired) electrons. The van der Waals surface area contributed by atoms with E-state index in [0.717, 1.165) is 23.7 Å². The van der Waals surface area contributed by atoms with Crippen molar-refractivity contribution in [3.8, 4) is 0 Å². The lowest BCUT2D eigenvalue weighted by Gasteiger charge is -2.48. The molecule has 64 valence electrons. The van der Waals surface area contributed by atoms with Gasteiger partial charge in [-0.2, -0.15) is 0 Å². The third-order valence-electron chi connectivity index (χ3n) is 4.61. The average molecular weight is 161 g/mol. The van der Waals surface area contributed by atoms with Gasteiger partial charge in [-0.3, -0.25) is 0 Å². The molecule has 0 nitrogen and oxygen atoms in total. The monoisotopic (exact) mass is 161 g/mol. The van der Waals surface area contributed by atoms with E-state index in [1.54, 1.807) is 5.57 Å². The van der Waals surface area contributed by atoms with Gasteiger partial charge in [0.25, 0.3) is 0 Å². The van der Waals surface area contributed by atoms with Crippen LogP contribution in [0, 0.1) is 29.6 Å². The number of allylic oxidation sites excluding steroid dienone is 1. The Balaban J connectivity index is 1.96. The summed E-state index contributed by atoms with van der Waals surface area (Å²) in [7, 11) is 0. The Labute approximate surface area is 75.0 Å². The highest BCUT2D eigenvalue weighted by atomic mass is 14.5. The summed E-state index contributed by atoms with van der Waals surface area (Å²) in [5, 5.41) is 0. The molecular weight excluding hydrogens is 144 g/mol. The van der Waals surface area contributed by atoms with Crippen LogP contribution >= 0.6 is 0 Å². The molecule has 4 bridgehead atoms. The fourth-order valence-electron chi connectivity index (χ4n) is 3.77. The van der Waals surface area contributed by atoms with E-state index >= 15 is 0 Å². The second kappa shape index (κ2) is 2.10. The zero-order valence-electron chi connectivity index (χ0n) is 7.84. The van der Waals surface area contributed by atoms with Crippen LogP contribution in [0.5, 0.6) is 0 Å². The first-order valence-corrected chi connectivity index (χ1v) is 5.27. The molecule has 0 saturated heterocycles. The minimum atomic E-state index is 0.913. The van der Waals surface area contributed by atoms with Crippen LogP contribution in [0.15, 0.2) is 12.2 Å². The molecule has 0 aromatic heterocycles. The van der Waals surface area contributed by atoms with Gasteiger partial charge in [0.2, 0.25) is 0 Å². The Bertz CT molecular complexity index is 194. The van der Waals surface area contributed by atoms with Crippen molar-refractivity contribution >= 4 is 0 Å². The second-order valence-corrected chi connectivity index (χ2v) is 5.05. The lowest BCUT2D eigenvalue weighted by molar-refractivity contribution is 0.0981. The zero-order chi connectivity index (χ0) is 8.29. The molecule has 0 unspecified atom stereocenters. The molecule has 0 amide bonds. The summed E-state index contributed by atoms with van der Waals surface area (Å²) in [6.07, 6.45) is 5.77. The second-order valence-electron chi connectivity index (χ2n) is 5.05. The van der Waals surface area contributed by atoms with E-state index in [9.17, 15) is 0 Å². The minimum Gasteiger partial charge on any atom is -0.0993 e. The summed E-state index contributed by atoms with van der Waals surface area (Å²) in [5.74, 6) is 5.62. The quantitative estimate of drug-likeness (QED) is 0.378. The van der Waals surface area contributed by atoms with Crippen molar-refractivity contribution in [3.05, 3.63) is 18.1 Å². The SMILES string of the molecule is C=C1C2CC3CC1CC(C2)[C+]3C. The number of hydrogen-bond acceptors (Lipinski definition) is 0. The molecule has 0 atom stereocenters. The van der Waals surface area contributed by atoms with Crippen molar-refractivity contribution < 1.29 is 0 Å². The number of hydrogen-bond donors (Lipinski definition) is 0. The maximum Gasteiger partial charge on any atom is 0.101 e. The summed E-state index contributed by atoms with van der Waals surface area (Å²) in [4.78, 5) is 0. The first-order valence-electron chi connectivity index (χ1n) is 5.27. The summed E-state index contributed by atoms with van der Waals surface area (Å²) < 4.78 is 0. The predicted molar refractivity (Wildman–Crippen MR) is 50.5 cm³/mol. The van der Waals surface area contributed by atoms with Crippen LogP contribution < -0.4 is 0 Å². The molecule has 12 heavy (non-hydrogen) atoms. The van der Waals surface area contributed by atoms with Crippen molar-refractivity contribution in [2.45, 2.75) is 32.6 Å². The van der Waals surface area contributed by atoms with E-state index in [4.69, 9.17) is 0 Å². The van der Waals surface area contributed by atoms with Gasteiger partial charge in [0.05, 0.1) is 12.8 Å². The number of rotatable bonds is 0. The fraction of sp³-hybridized carbons (Fsp3) is 0.750. The molecule has 0 N–H and O–H groups in total. The Morgan fingerprint density at radius 3 is 1.92 bits per heavy atom. The maximum absolute atomic E-state index is 4.27. The van der Waals surface area contributed by atoms with E-state index in [0.29, 0.717) is 0 Å². The van der Waals surface area contributed by atoms with E-state index in [2.05, 4.69) is 13.5 Å². The van der Waals surface area contributed by atoms with Crippen LogP contribution in [0.25, 0.3) is 0 Å². The molecule has 4 fully saturated rings. The summed E-state index contributed by atoms with van der Waals surface area (Å²) in [6.45, 7) is 6.67. The van der Waals surface area contributed by atoms with Gasteiger partial charge in [0, 0.05) is 0 Å². The third kappa shape index (κ3) is 0.713. The molecule has 4 rings (SSSR count). The first-order chi connectivity index (χ1) is 5.75. The van der Waals surface area contributed by atoms with E-state index in [-0.39, 0.29) is 0 Å². The molecule has 0 heteroatoms. The molecule has 0 aromatic rings. The van der Waals surface area contributed by atoms with Gasteiger partial charge in [-0.1, -0.05) is 12.2 Å². The summed E-state index contributed by atoms with van der Waals surface area (Å²) in [5.41, 5.74) is 1.61. The molecule has 4 saturated carbocycles. The molecule has 0 aliphatic heterocycles. The first kappa shape index (κ1) is 7.06. The van der Waals surface area contributed by atoms with Gasteiger partial charge in [-0.15, -0.1) is 0 Å². The Morgan fingerprint density at radius 2 is 1.50 bits per heavy atom. The van der Waals surface area contributed by atoms with Crippen LogP contribution in [0.1, 0.15) is 32.6 Å². The zero-order valence-corrected chi connectivity index (χ0v) is 7.84. The lowest BCUT2D eigenvalue weighted by atomic mass is 9.51. The molecule has 0 aromatic carbocycles. The van der Waals surface area contributed by atoms with Gasteiger partial charge in [-0.25, -0.2) is 0 Å². The van der Waals surface area contributed by atoms with Crippen LogP contribution in [0.4, 0.5) is 0 Å². The molecule has 4 aliphatic rings. The van der Waals surface area contributed by atoms with Crippen LogP contribution in [-0.2, 0) is 0 Å². The molecule has 0 spiro atoms. The van der Waals surface area contributed by atoms with Gasteiger partial charge in [0.1, 0.15) is 11.8 Å². The van der Waals surface area contributed by atoms with Crippen LogP contribution in [-0.4, -0.2) is 0 Å². The van der Waals surface area contributed by atoms with E-state index < -0.39 is 0 Å². The fourth-order valence-corrected chi connectivity index (χ4v) is 3.77. The minimum absolute atomic E-state index is 0.913. The van der Waals surface area contributed by atoms with E-state index in [1.165, 1.54) is 25.7 Å².